The lowest BCUT2D eigenvalue weighted by atomic mass is 9.80. The van der Waals surface area contributed by atoms with Gasteiger partial charge in [0.2, 0.25) is 0 Å². The Kier molecular flexibility index (Phi) is 3.72. The molecule has 0 aliphatic heterocycles. The number of carboxylic acids is 1. The molecule has 4 heteroatoms. The van der Waals surface area contributed by atoms with E-state index in [2.05, 4.69) is 0 Å². The molecule has 3 nitrogen and oxygen atoms in total. The van der Waals surface area contributed by atoms with Crippen LogP contribution < -0.4 is 0 Å². The summed E-state index contributed by atoms with van der Waals surface area (Å²) < 4.78 is 0. The highest BCUT2D eigenvalue weighted by molar-refractivity contribution is 6.30. The average Bonchev–Trinajstić information content (AvgIpc) is 2.16. The van der Waals surface area contributed by atoms with E-state index in [1.165, 1.54) is 0 Å². The molecule has 0 aromatic heterocycles. The molecule has 1 atom stereocenters. The van der Waals surface area contributed by atoms with Crippen molar-refractivity contribution >= 4 is 17.6 Å². The lowest BCUT2D eigenvalue weighted by Crippen LogP contribution is -2.29. The molecule has 0 saturated carbocycles. The monoisotopic (exact) mass is 228 g/mol. The van der Waals surface area contributed by atoms with Crippen LogP contribution >= 0.6 is 11.6 Å². The van der Waals surface area contributed by atoms with Gasteiger partial charge in [0.1, 0.15) is 0 Å². The van der Waals surface area contributed by atoms with E-state index in [1.54, 1.807) is 31.2 Å². The Bertz CT molecular complexity index is 365. The fourth-order valence-electron chi connectivity index (χ4n) is 1.45. The van der Waals surface area contributed by atoms with Gasteiger partial charge in [0.05, 0.1) is 13.0 Å². The fraction of sp³-hybridized carbons (Fsp3) is 0.364. The van der Waals surface area contributed by atoms with E-state index in [4.69, 9.17) is 16.7 Å². The first-order valence-corrected chi connectivity index (χ1v) is 4.94. The molecular weight excluding hydrogens is 216 g/mol. The lowest BCUT2D eigenvalue weighted by Gasteiger charge is -2.26. The predicted molar refractivity (Wildman–Crippen MR) is 58.1 cm³/mol. The number of aliphatic hydroxyl groups is 1. The maximum absolute atomic E-state index is 10.7. The van der Waals surface area contributed by atoms with E-state index in [0.29, 0.717) is 5.02 Å². The van der Waals surface area contributed by atoms with Gasteiger partial charge in [0.25, 0.3) is 0 Å². The standard InChI is InChI=1S/C11H13ClO3/c1-11(7-13,6-10(14)15)8-3-2-4-9(12)5-8/h2-5,13H,6-7H2,1H3,(H,14,15). The molecular formula is C11H13ClO3. The molecule has 1 aromatic carbocycles. The third kappa shape index (κ3) is 2.94. The first-order chi connectivity index (χ1) is 6.98. The summed E-state index contributed by atoms with van der Waals surface area (Å²) in [4.78, 5) is 10.7. The summed E-state index contributed by atoms with van der Waals surface area (Å²) >= 11 is 5.82. The zero-order valence-electron chi connectivity index (χ0n) is 8.40. The zero-order valence-corrected chi connectivity index (χ0v) is 9.16. The van der Waals surface area contributed by atoms with Gasteiger partial charge in [0.15, 0.2) is 0 Å². The molecule has 0 aliphatic carbocycles. The summed E-state index contributed by atoms with van der Waals surface area (Å²) in [5.41, 5.74) is -0.0450. The molecule has 0 radical (unpaired) electrons. The van der Waals surface area contributed by atoms with Crippen molar-refractivity contribution in [2.45, 2.75) is 18.8 Å². The van der Waals surface area contributed by atoms with Gasteiger partial charge < -0.3 is 10.2 Å². The van der Waals surface area contributed by atoms with Gasteiger partial charge in [-0.1, -0.05) is 30.7 Å². The number of aliphatic hydroxyl groups excluding tert-OH is 1. The molecule has 1 rings (SSSR count). The molecule has 0 amide bonds. The predicted octanol–water partition coefficient (Wildman–Crippen LogP) is 2.06. The van der Waals surface area contributed by atoms with Crippen LogP contribution in [-0.2, 0) is 10.2 Å². The van der Waals surface area contributed by atoms with E-state index in [1.807, 2.05) is 0 Å². The highest BCUT2D eigenvalue weighted by atomic mass is 35.5. The van der Waals surface area contributed by atoms with Crippen molar-refractivity contribution in [3.05, 3.63) is 34.9 Å². The van der Waals surface area contributed by atoms with Crippen molar-refractivity contribution in [1.82, 2.24) is 0 Å². The maximum atomic E-state index is 10.7. The van der Waals surface area contributed by atoms with Crippen LogP contribution in [0.25, 0.3) is 0 Å². The molecule has 0 spiro atoms. The molecule has 15 heavy (non-hydrogen) atoms. The van der Waals surface area contributed by atoms with Gasteiger partial charge in [-0.2, -0.15) is 0 Å². The minimum Gasteiger partial charge on any atom is -0.481 e. The topological polar surface area (TPSA) is 57.5 Å². The number of benzene rings is 1. The number of hydrogen-bond acceptors (Lipinski definition) is 2. The number of halogens is 1. The lowest BCUT2D eigenvalue weighted by molar-refractivity contribution is -0.138. The van der Waals surface area contributed by atoms with E-state index in [-0.39, 0.29) is 13.0 Å². The minimum absolute atomic E-state index is 0.121. The average molecular weight is 229 g/mol. The molecule has 2 N–H and O–H groups in total. The Morgan fingerprint density at radius 2 is 2.20 bits per heavy atom. The minimum atomic E-state index is -0.938. The molecule has 1 aromatic rings. The smallest absolute Gasteiger partial charge is 0.304 e. The quantitative estimate of drug-likeness (QED) is 0.830. The van der Waals surface area contributed by atoms with Gasteiger partial charge in [-0.05, 0) is 17.7 Å². The van der Waals surface area contributed by atoms with Crippen molar-refractivity contribution in [3.63, 3.8) is 0 Å². The highest BCUT2D eigenvalue weighted by Crippen LogP contribution is 2.28. The van der Waals surface area contributed by atoms with Crippen molar-refractivity contribution in [2.75, 3.05) is 6.61 Å². The number of hydrogen-bond donors (Lipinski definition) is 2. The molecule has 82 valence electrons. The van der Waals surface area contributed by atoms with E-state index in [0.717, 1.165) is 5.56 Å². The van der Waals surface area contributed by atoms with E-state index < -0.39 is 11.4 Å². The number of carboxylic acid groups (broad SMARTS) is 1. The maximum Gasteiger partial charge on any atom is 0.304 e. The summed E-state index contributed by atoms with van der Waals surface area (Å²) in [7, 11) is 0. The fourth-order valence-corrected chi connectivity index (χ4v) is 1.64. The summed E-state index contributed by atoms with van der Waals surface area (Å²) in [6.45, 7) is 1.48. The van der Waals surface area contributed by atoms with Gasteiger partial charge in [0, 0.05) is 10.4 Å². The second kappa shape index (κ2) is 4.64. The Morgan fingerprint density at radius 3 is 2.67 bits per heavy atom. The van der Waals surface area contributed by atoms with Crippen molar-refractivity contribution in [3.8, 4) is 0 Å². The van der Waals surface area contributed by atoms with Crippen LogP contribution in [0, 0.1) is 0 Å². The van der Waals surface area contributed by atoms with Gasteiger partial charge in [-0.15, -0.1) is 0 Å². The Hall–Kier alpha value is -1.06. The zero-order chi connectivity index (χ0) is 11.5. The number of carbonyl (C=O) groups is 1. The number of rotatable bonds is 4. The van der Waals surface area contributed by atoms with Crippen LogP contribution in [0.3, 0.4) is 0 Å². The first-order valence-electron chi connectivity index (χ1n) is 4.56. The van der Waals surface area contributed by atoms with Crippen LogP contribution in [0.5, 0.6) is 0 Å². The number of aliphatic carboxylic acids is 1. The molecule has 0 aliphatic rings. The van der Waals surface area contributed by atoms with Crippen LogP contribution in [0.2, 0.25) is 5.02 Å². The molecule has 0 saturated heterocycles. The SMILES string of the molecule is CC(CO)(CC(=O)O)c1cccc(Cl)c1. The second-order valence-corrected chi connectivity index (χ2v) is 4.24. The Morgan fingerprint density at radius 1 is 1.53 bits per heavy atom. The summed E-state index contributed by atoms with van der Waals surface area (Å²) in [5.74, 6) is -0.938. The van der Waals surface area contributed by atoms with Crippen LogP contribution in [0.1, 0.15) is 18.9 Å². The third-order valence-electron chi connectivity index (χ3n) is 2.41. The van der Waals surface area contributed by atoms with Crippen molar-refractivity contribution < 1.29 is 15.0 Å². The van der Waals surface area contributed by atoms with Crippen molar-refractivity contribution in [1.29, 1.82) is 0 Å². The molecule has 0 fully saturated rings. The van der Waals surface area contributed by atoms with E-state index in [9.17, 15) is 9.90 Å². The van der Waals surface area contributed by atoms with Crippen LogP contribution in [-0.4, -0.2) is 22.8 Å². The molecule has 0 bridgehead atoms. The summed E-state index contributed by atoms with van der Waals surface area (Å²) in [6, 6.07) is 6.91. The Balaban J connectivity index is 3.05. The largest absolute Gasteiger partial charge is 0.481 e. The second-order valence-electron chi connectivity index (χ2n) is 3.80. The van der Waals surface area contributed by atoms with Crippen molar-refractivity contribution in [2.24, 2.45) is 0 Å². The van der Waals surface area contributed by atoms with E-state index >= 15 is 0 Å². The third-order valence-corrected chi connectivity index (χ3v) is 2.65. The normalized spacial score (nSPS) is 14.6. The molecule has 1 unspecified atom stereocenters. The summed E-state index contributed by atoms with van der Waals surface area (Å²) in [6.07, 6.45) is -0.121. The van der Waals surface area contributed by atoms with Gasteiger partial charge in [-0.25, -0.2) is 0 Å². The summed E-state index contributed by atoms with van der Waals surface area (Å²) in [5, 5.41) is 18.6. The van der Waals surface area contributed by atoms with Gasteiger partial charge >= 0.3 is 5.97 Å². The van der Waals surface area contributed by atoms with Crippen LogP contribution in [0.15, 0.2) is 24.3 Å². The van der Waals surface area contributed by atoms with Gasteiger partial charge in [-0.3, -0.25) is 4.79 Å². The Labute approximate surface area is 93.3 Å². The van der Waals surface area contributed by atoms with Crippen LogP contribution in [0.4, 0.5) is 0 Å². The highest BCUT2D eigenvalue weighted by Gasteiger charge is 2.29. The molecule has 0 heterocycles. The first kappa shape index (κ1) is 12.0.